The van der Waals surface area contributed by atoms with Gasteiger partial charge >= 0.3 is 0 Å². The Hall–Kier alpha value is -1.22. The highest BCUT2D eigenvalue weighted by molar-refractivity contribution is 14.1. The lowest BCUT2D eigenvalue weighted by Crippen LogP contribution is -2.29. The van der Waals surface area contributed by atoms with Gasteiger partial charge in [-0.05, 0) is 54.3 Å². The molecule has 6 nitrogen and oxygen atoms in total. The zero-order valence-corrected chi connectivity index (χ0v) is 13.7. The van der Waals surface area contributed by atoms with Crippen molar-refractivity contribution in [1.29, 1.82) is 0 Å². The quantitative estimate of drug-likeness (QED) is 0.465. The zero-order chi connectivity index (χ0) is 15.2. The lowest BCUT2D eigenvalue weighted by Gasteiger charge is -2.22. The summed E-state index contributed by atoms with van der Waals surface area (Å²) in [5.41, 5.74) is 0.269. The molecule has 1 fully saturated rings. The highest BCUT2D eigenvalue weighted by atomic mass is 127. The molecule has 21 heavy (non-hydrogen) atoms. The average molecular weight is 404 g/mol. The van der Waals surface area contributed by atoms with E-state index in [1.54, 1.807) is 6.07 Å². The normalized spacial score (nSPS) is 18.2. The predicted molar refractivity (Wildman–Crippen MR) is 86.4 cm³/mol. The van der Waals surface area contributed by atoms with E-state index in [2.05, 4.69) is 5.32 Å². The van der Waals surface area contributed by atoms with Gasteiger partial charge in [-0.25, -0.2) is 0 Å². The Balaban J connectivity index is 1.90. The van der Waals surface area contributed by atoms with Crippen molar-refractivity contribution in [2.24, 2.45) is 0 Å². The van der Waals surface area contributed by atoms with Gasteiger partial charge in [0.2, 0.25) is 0 Å². The predicted octanol–water partition coefficient (Wildman–Crippen LogP) is 2.89. The minimum atomic E-state index is -0.497. The first-order chi connectivity index (χ1) is 10.1. The Morgan fingerprint density at radius 3 is 2.95 bits per heavy atom. The van der Waals surface area contributed by atoms with E-state index in [4.69, 9.17) is 4.74 Å². The van der Waals surface area contributed by atoms with Crippen molar-refractivity contribution in [3.63, 3.8) is 0 Å². The van der Waals surface area contributed by atoms with Crippen molar-refractivity contribution in [2.75, 3.05) is 13.2 Å². The smallest absolute Gasteiger partial charge is 0.270 e. The number of nitro groups is 1. The molecule has 1 atom stereocenters. The van der Waals surface area contributed by atoms with E-state index in [9.17, 15) is 14.9 Å². The number of hydrogen-bond acceptors (Lipinski definition) is 4. The second kappa shape index (κ2) is 7.69. The Kier molecular flexibility index (Phi) is 5.92. The summed E-state index contributed by atoms with van der Waals surface area (Å²) in [5, 5.41) is 13.6. The first-order valence-corrected chi connectivity index (χ1v) is 7.99. The maximum absolute atomic E-state index is 12.1. The summed E-state index contributed by atoms with van der Waals surface area (Å²) >= 11 is 2.00. The molecule has 0 spiro atoms. The number of carbonyl (C=O) groups is 1. The monoisotopic (exact) mass is 404 g/mol. The summed E-state index contributed by atoms with van der Waals surface area (Å²) in [6.07, 6.45) is 4.29. The van der Waals surface area contributed by atoms with E-state index in [0.29, 0.717) is 15.7 Å². The fourth-order valence-electron chi connectivity index (χ4n) is 2.28. The van der Waals surface area contributed by atoms with Crippen LogP contribution in [-0.2, 0) is 4.74 Å². The summed E-state index contributed by atoms with van der Waals surface area (Å²) in [4.78, 5) is 22.4. The number of non-ortho nitro benzene ring substituents is 1. The van der Waals surface area contributed by atoms with Crippen LogP contribution in [0.2, 0.25) is 0 Å². The third kappa shape index (κ3) is 4.63. The molecule has 1 unspecified atom stereocenters. The lowest BCUT2D eigenvalue weighted by atomic mass is 10.1. The molecule has 1 aliphatic rings. The van der Waals surface area contributed by atoms with Crippen LogP contribution in [0.3, 0.4) is 0 Å². The van der Waals surface area contributed by atoms with Crippen molar-refractivity contribution >= 4 is 34.2 Å². The average Bonchev–Trinajstić information content (AvgIpc) is 2.48. The van der Waals surface area contributed by atoms with Crippen molar-refractivity contribution in [3.8, 4) is 0 Å². The zero-order valence-electron chi connectivity index (χ0n) is 11.5. The number of nitrogens with one attached hydrogen (secondary N) is 1. The van der Waals surface area contributed by atoms with E-state index >= 15 is 0 Å². The molecule has 1 aromatic rings. The van der Waals surface area contributed by atoms with Gasteiger partial charge in [-0.3, -0.25) is 14.9 Å². The van der Waals surface area contributed by atoms with Crippen LogP contribution in [0.4, 0.5) is 5.69 Å². The molecular weight excluding hydrogens is 387 g/mol. The van der Waals surface area contributed by atoms with Gasteiger partial charge in [0.05, 0.1) is 16.6 Å². The van der Waals surface area contributed by atoms with Crippen molar-refractivity contribution in [3.05, 3.63) is 37.4 Å². The minimum absolute atomic E-state index is 0.0730. The van der Waals surface area contributed by atoms with Gasteiger partial charge in [-0.1, -0.05) is 0 Å². The maximum Gasteiger partial charge on any atom is 0.270 e. The fourth-order valence-corrected chi connectivity index (χ4v) is 2.86. The Morgan fingerprint density at radius 2 is 2.29 bits per heavy atom. The molecular formula is C14H17IN2O4. The molecule has 0 aromatic heterocycles. The number of halogens is 1. The van der Waals surface area contributed by atoms with Crippen LogP contribution in [0.5, 0.6) is 0 Å². The van der Waals surface area contributed by atoms with Gasteiger partial charge in [0.15, 0.2) is 0 Å². The van der Waals surface area contributed by atoms with E-state index < -0.39 is 4.92 Å². The molecule has 1 amide bonds. The number of hydrogen-bond donors (Lipinski definition) is 1. The molecule has 0 radical (unpaired) electrons. The van der Waals surface area contributed by atoms with E-state index in [0.717, 1.165) is 25.9 Å². The molecule has 0 aliphatic carbocycles. The van der Waals surface area contributed by atoms with Crippen molar-refractivity contribution < 1.29 is 14.5 Å². The maximum atomic E-state index is 12.1. The fraction of sp³-hybridized carbons (Fsp3) is 0.500. The second-order valence-corrected chi connectivity index (χ2v) is 6.12. The lowest BCUT2D eigenvalue weighted by molar-refractivity contribution is -0.384. The highest BCUT2D eigenvalue weighted by Gasteiger charge is 2.17. The van der Waals surface area contributed by atoms with Crippen LogP contribution in [-0.4, -0.2) is 30.1 Å². The van der Waals surface area contributed by atoms with Crippen LogP contribution in [0, 0.1) is 13.7 Å². The number of amides is 1. The van der Waals surface area contributed by atoms with Gasteiger partial charge in [0.25, 0.3) is 11.6 Å². The molecule has 2 rings (SSSR count). The Bertz CT molecular complexity index is 530. The first kappa shape index (κ1) is 16.2. The molecule has 1 saturated heterocycles. The molecule has 1 N–H and O–H groups in total. The van der Waals surface area contributed by atoms with E-state index in [1.807, 2.05) is 22.6 Å². The number of nitrogens with zero attached hydrogens (tertiary/aromatic N) is 1. The van der Waals surface area contributed by atoms with Crippen molar-refractivity contribution in [2.45, 2.75) is 31.8 Å². The van der Waals surface area contributed by atoms with Gasteiger partial charge in [0.1, 0.15) is 0 Å². The number of carbonyl (C=O) groups excluding carboxylic acids is 1. The number of rotatable bonds is 5. The van der Waals surface area contributed by atoms with Gasteiger partial charge in [-0.2, -0.15) is 0 Å². The van der Waals surface area contributed by atoms with Crippen LogP contribution >= 0.6 is 22.6 Å². The number of nitro benzene ring substituents is 1. The van der Waals surface area contributed by atoms with Crippen LogP contribution < -0.4 is 5.32 Å². The third-order valence-corrected chi connectivity index (χ3v) is 4.37. The molecule has 0 saturated carbocycles. The molecule has 1 aromatic carbocycles. The second-order valence-electron chi connectivity index (χ2n) is 4.95. The highest BCUT2D eigenvalue weighted by Crippen LogP contribution is 2.20. The SMILES string of the molecule is O=C(NCCC1CCCCO1)c1cc([N+](=O)[O-])ccc1I. The topological polar surface area (TPSA) is 81.5 Å². The molecule has 7 heteroatoms. The molecule has 114 valence electrons. The number of ether oxygens (including phenoxy) is 1. The van der Waals surface area contributed by atoms with E-state index in [-0.39, 0.29) is 17.7 Å². The van der Waals surface area contributed by atoms with Crippen LogP contribution in [0.1, 0.15) is 36.0 Å². The Morgan fingerprint density at radius 1 is 1.48 bits per heavy atom. The van der Waals surface area contributed by atoms with Crippen molar-refractivity contribution in [1.82, 2.24) is 5.32 Å². The molecule has 1 heterocycles. The molecule has 1 aliphatic heterocycles. The van der Waals surface area contributed by atoms with Crippen LogP contribution in [0.25, 0.3) is 0 Å². The third-order valence-electron chi connectivity index (χ3n) is 3.43. The summed E-state index contributed by atoms with van der Waals surface area (Å²) < 4.78 is 6.30. The van der Waals surface area contributed by atoms with E-state index in [1.165, 1.54) is 18.6 Å². The largest absolute Gasteiger partial charge is 0.378 e. The van der Waals surface area contributed by atoms with Crippen LogP contribution in [0.15, 0.2) is 18.2 Å². The minimum Gasteiger partial charge on any atom is -0.378 e. The first-order valence-electron chi connectivity index (χ1n) is 6.91. The standard InChI is InChI=1S/C14H17IN2O4/c15-13-5-4-10(17(19)20)9-12(13)14(18)16-7-6-11-3-1-2-8-21-11/h4-5,9,11H,1-3,6-8H2,(H,16,18). The molecule has 0 bridgehead atoms. The number of benzene rings is 1. The summed E-state index contributed by atoms with van der Waals surface area (Å²) in [6.45, 7) is 1.31. The van der Waals surface area contributed by atoms with Gasteiger partial charge in [-0.15, -0.1) is 0 Å². The van der Waals surface area contributed by atoms with Gasteiger partial charge in [0, 0.05) is 28.9 Å². The summed E-state index contributed by atoms with van der Waals surface area (Å²) in [5.74, 6) is -0.279. The Labute approximate surface area is 136 Å². The van der Waals surface area contributed by atoms with Gasteiger partial charge < -0.3 is 10.1 Å². The summed E-state index contributed by atoms with van der Waals surface area (Å²) in [6, 6.07) is 4.29. The summed E-state index contributed by atoms with van der Waals surface area (Å²) in [7, 11) is 0.